The quantitative estimate of drug-likeness (QED) is 0.393. The fraction of sp³-hybridized carbons (Fsp3) is 0.529. The molecular formula is C17H23N2O3+. The molecule has 0 aliphatic carbocycles. The van der Waals surface area contributed by atoms with Crippen LogP contribution in [0.5, 0.6) is 0 Å². The highest BCUT2D eigenvalue weighted by Crippen LogP contribution is 2.43. The second kappa shape index (κ2) is 5.82. The van der Waals surface area contributed by atoms with Gasteiger partial charge >= 0.3 is 0 Å². The Bertz CT molecular complexity index is 572. The van der Waals surface area contributed by atoms with Crippen LogP contribution in [0.25, 0.3) is 0 Å². The molecule has 3 aliphatic heterocycles. The first kappa shape index (κ1) is 15.2. The number of nitro benzene ring substituents is 1. The number of piperidine rings is 3. The molecule has 0 radical (unpaired) electrons. The van der Waals surface area contributed by atoms with Crippen molar-refractivity contribution in [3.8, 4) is 0 Å². The number of aliphatic hydroxyl groups is 1. The lowest BCUT2D eigenvalue weighted by atomic mass is 9.73. The van der Waals surface area contributed by atoms with Crippen LogP contribution < -0.4 is 0 Å². The first-order chi connectivity index (χ1) is 10.6. The number of quaternary nitrogens is 1. The third-order valence-electron chi connectivity index (χ3n) is 5.63. The minimum atomic E-state index is -0.368. The Hall–Kier alpha value is -1.72. The molecule has 3 fully saturated rings. The molecule has 22 heavy (non-hydrogen) atoms. The van der Waals surface area contributed by atoms with Gasteiger partial charge in [-0.3, -0.25) is 10.1 Å². The van der Waals surface area contributed by atoms with Gasteiger partial charge in [0.25, 0.3) is 5.69 Å². The standard InChI is InChI=1S/C17H23N2O3/c1-2-14-11-19(8-7-15(14)9-17(19)12-20)10-13-3-5-16(6-4-13)18(21)22/h2-6,14-15,17,20H,1,7-12H2/q+1/t14-,15?,17-,19?/m0/s1. The smallest absolute Gasteiger partial charge is 0.269 e. The van der Waals surface area contributed by atoms with E-state index in [-0.39, 0.29) is 23.3 Å². The zero-order valence-corrected chi connectivity index (χ0v) is 12.7. The SMILES string of the molecule is C=C[C@H]1C[N+]2(Cc3ccc([N+](=O)[O-])cc3)CCC1C[C@H]2CO. The predicted octanol–water partition coefficient (Wildman–Crippen LogP) is 2.50. The van der Waals surface area contributed by atoms with Crippen molar-refractivity contribution >= 4 is 5.69 Å². The van der Waals surface area contributed by atoms with Gasteiger partial charge in [0, 0.05) is 36.5 Å². The number of hydrogen-bond acceptors (Lipinski definition) is 3. The summed E-state index contributed by atoms with van der Waals surface area (Å²) in [5.41, 5.74) is 1.23. The molecule has 2 unspecified atom stereocenters. The summed E-state index contributed by atoms with van der Waals surface area (Å²) in [6.45, 7) is 7.13. The van der Waals surface area contributed by atoms with Crippen molar-refractivity contribution in [2.45, 2.75) is 25.4 Å². The molecule has 3 heterocycles. The number of nitrogens with zero attached hydrogens (tertiary/aromatic N) is 2. The number of non-ortho nitro benzene ring substituents is 1. The Morgan fingerprint density at radius 2 is 2.14 bits per heavy atom. The highest BCUT2D eigenvalue weighted by atomic mass is 16.6. The Balaban J connectivity index is 1.83. The maximum atomic E-state index is 10.8. The number of nitro groups is 1. The fourth-order valence-electron chi connectivity index (χ4n) is 4.37. The summed E-state index contributed by atoms with van der Waals surface area (Å²) in [6, 6.07) is 7.13. The molecule has 4 atom stereocenters. The number of fused-ring (bicyclic) bond motifs is 3. The van der Waals surface area contributed by atoms with E-state index in [4.69, 9.17) is 0 Å². The molecule has 4 rings (SSSR count). The minimum absolute atomic E-state index is 0.128. The van der Waals surface area contributed by atoms with Crippen LogP contribution >= 0.6 is 0 Å². The van der Waals surface area contributed by atoms with E-state index in [1.54, 1.807) is 12.1 Å². The van der Waals surface area contributed by atoms with Crippen molar-refractivity contribution in [3.63, 3.8) is 0 Å². The van der Waals surface area contributed by atoms with Crippen molar-refractivity contribution in [2.75, 3.05) is 19.7 Å². The summed E-state index contributed by atoms with van der Waals surface area (Å²) in [5.74, 6) is 1.18. The van der Waals surface area contributed by atoms with Gasteiger partial charge in [-0.25, -0.2) is 0 Å². The monoisotopic (exact) mass is 303 g/mol. The molecule has 0 spiro atoms. The molecular weight excluding hydrogens is 280 g/mol. The first-order valence-corrected chi connectivity index (χ1v) is 7.90. The Morgan fingerprint density at radius 3 is 2.73 bits per heavy atom. The zero-order chi connectivity index (χ0) is 15.7. The van der Waals surface area contributed by atoms with Crippen LogP contribution in [0.3, 0.4) is 0 Å². The lowest BCUT2D eigenvalue weighted by Gasteiger charge is -2.56. The maximum Gasteiger partial charge on any atom is 0.269 e. The Labute approximate surface area is 130 Å². The van der Waals surface area contributed by atoms with Crippen molar-refractivity contribution in [1.82, 2.24) is 0 Å². The van der Waals surface area contributed by atoms with Gasteiger partial charge < -0.3 is 9.59 Å². The summed E-state index contributed by atoms with van der Waals surface area (Å²) < 4.78 is 0.890. The van der Waals surface area contributed by atoms with Crippen LogP contribution in [0.4, 0.5) is 5.69 Å². The molecule has 5 heteroatoms. The normalized spacial score (nSPS) is 33.6. The van der Waals surface area contributed by atoms with Crippen LogP contribution in [0.15, 0.2) is 36.9 Å². The van der Waals surface area contributed by atoms with E-state index in [0.29, 0.717) is 11.8 Å². The van der Waals surface area contributed by atoms with E-state index >= 15 is 0 Å². The molecule has 0 saturated carbocycles. The molecule has 0 aromatic heterocycles. The average Bonchev–Trinajstić information content (AvgIpc) is 2.55. The lowest BCUT2D eigenvalue weighted by molar-refractivity contribution is -0.981. The largest absolute Gasteiger partial charge is 0.390 e. The summed E-state index contributed by atoms with van der Waals surface area (Å²) >= 11 is 0. The Morgan fingerprint density at radius 1 is 1.41 bits per heavy atom. The van der Waals surface area contributed by atoms with Crippen LogP contribution in [-0.2, 0) is 6.54 Å². The van der Waals surface area contributed by atoms with E-state index in [1.807, 2.05) is 12.1 Å². The summed E-state index contributed by atoms with van der Waals surface area (Å²) in [5, 5.41) is 20.6. The second-order valence-electron chi connectivity index (χ2n) is 6.73. The maximum absolute atomic E-state index is 10.8. The topological polar surface area (TPSA) is 63.4 Å². The van der Waals surface area contributed by atoms with Gasteiger partial charge in [0.05, 0.1) is 24.6 Å². The summed E-state index contributed by atoms with van der Waals surface area (Å²) in [6.07, 6.45) is 4.31. The van der Waals surface area contributed by atoms with Gasteiger partial charge in [-0.15, -0.1) is 6.58 Å². The molecule has 0 amide bonds. The molecule has 1 aromatic carbocycles. The Kier molecular flexibility index (Phi) is 4.02. The van der Waals surface area contributed by atoms with Gasteiger partial charge in [0.2, 0.25) is 0 Å². The number of benzene rings is 1. The van der Waals surface area contributed by atoms with E-state index in [2.05, 4.69) is 12.7 Å². The van der Waals surface area contributed by atoms with E-state index in [1.165, 1.54) is 6.42 Å². The molecule has 3 saturated heterocycles. The minimum Gasteiger partial charge on any atom is -0.390 e. The second-order valence-corrected chi connectivity index (χ2v) is 6.73. The van der Waals surface area contributed by atoms with Crippen molar-refractivity contribution in [2.24, 2.45) is 11.8 Å². The summed E-state index contributed by atoms with van der Waals surface area (Å²) in [7, 11) is 0. The van der Waals surface area contributed by atoms with E-state index in [9.17, 15) is 15.2 Å². The predicted molar refractivity (Wildman–Crippen MR) is 84.1 cm³/mol. The van der Waals surface area contributed by atoms with Gasteiger partial charge in [0.1, 0.15) is 12.6 Å². The van der Waals surface area contributed by atoms with Crippen molar-refractivity contribution in [3.05, 3.63) is 52.6 Å². The zero-order valence-electron chi connectivity index (χ0n) is 12.7. The average molecular weight is 303 g/mol. The summed E-state index contributed by atoms with van der Waals surface area (Å²) in [4.78, 5) is 10.4. The van der Waals surface area contributed by atoms with Crippen LogP contribution in [-0.4, -0.2) is 40.3 Å². The third-order valence-corrected chi connectivity index (χ3v) is 5.63. The third kappa shape index (κ3) is 2.55. The first-order valence-electron chi connectivity index (χ1n) is 7.90. The highest BCUT2D eigenvalue weighted by Gasteiger charge is 2.50. The molecule has 2 bridgehead atoms. The number of aliphatic hydroxyl groups excluding tert-OH is 1. The molecule has 118 valence electrons. The molecule has 1 N–H and O–H groups in total. The van der Waals surface area contributed by atoms with Gasteiger partial charge in [0.15, 0.2) is 0 Å². The van der Waals surface area contributed by atoms with Gasteiger partial charge in [-0.05, 0) is 18.1 Å². The van der Waals surface area contributed by atoms with Crippen LogP contribution in [0.2, 0.25) is 0 Å². The van der Waals surface area contributed by atoms with Crippen LogP contribution in [0.1, 0.15) is 18.4 Å². The lowest BCUT2D eigenvalue weighted by Crippen LogP contribution is -2.67. The fourth-order valence-corrected chi connectivity index (χ4v) is 4.37. The van der Waals surface area contributed by atoms with Crippen LogP contribution in [0, 0.1) is 22.0 Å². The molecule has 1 aromatic rings. The molecule has 3 aliphatic rings. The van der Waals surface area contributed by atoms with E-state index in [0.717, 1.165) is 36.1 Å². The number of hydrogen-bond donors (Lipinski definition) is 1. The number of rotatable bonds is 5. The van der Waals surface area contributed by atoms with Gasteiger partial charge in [-0.1, -0.05) is 6.08 Å². The van der Waals surface area contributed by atoms with Gasteiger partial charge in [-0.2, -0.15) is 0 Å². The highest BCUT2D eigenvalue weighted by molar-refractivity contribution is 5.32. The van der Waals surface area contributed by atoms with Crippen molar-refractivity contribution < 1.29 is 14.5 Å². The van der Waals surface area contributed by atoms with Crippen molar-refractivity contribution in [1.29, 1.82) is 0 Å². The van der Waals surface area contributed by atoms with E-state index < -0.39 is 0 Å². The molecule has 5 nitrogen and oxygen atoms in total.